The van der Waals surface area contributed by atoms with Gasteiger partial charge in [0.25, 0.3) is 0 Å². The van der Waals surface area contributed by atoms with Gasteiger partial charge < -0.3 is 9.80 Å². The van der Waals surface area contributed by atoms with Crippen LogP contribution in [0, 0.1) is 6.92 Å². The molecule has 42 heavy (non-hydrogen) atoms. The minimum atomic E-state index is -0.137. The Kier molecular flexibility index (Phi) is 5.55. The van der Waals surface area contributed by atoms with E-state index in [-0.39, 0.29) is 5.41 Å². The van der Waals surface area contributed by atoms with Gasteiger partial charge in [0.2, 0.25) is 0 Å². The zero-order chi connectivity index (χ0) is 28.4. The van der Waals surface area contributed by atoms with Crippen LogP contribution in [0.15, 0.2) is 139 Å². The summed E-state index contributed by atoms with van der Waals surface area (Å²) in [5.41, 5.74) is 15.7. The average Bonchev–Trinajstić information content (AvgIpc) is 3.46. The summed E-state index contributed by atoms with van der Waals surface area (Å²) in [5.74, 6) is 0.383. The number of fused-ring (bicyclic) bond motifs is 6. The third-order valence-corrected chi connectivity index (χ3v) is 9.41. The molecule has 1 heterocycles. The van der Waals surface area contributed by atoms with Crippen molar-refractivity contribution in [3.63, 3.8) is 0 Å². The molecule has 1 atom stereocenters. The second-order valence-corrected chi connectivity index (χ2v) is 12.3. The molecule has 8 rings (SSSR count). The number of allylic oxidation sites excluding steroid dienone is 4. The number of benzene rings is 5. The molecule has 1 unspecified atom stereocenters. The van der Waals surface area contributed by atoms with E-state index in [2.05, 4.69) is 164 Å². The van der Waals surface area contributed by atoms with Gasteiger partial charge in [-0.05, 0) is 113 Å². The molecular weight excluding hydrogens is 508 g/mol. The molecule has 2 heteroatoms. The maximum Gasteiger partial charge on any atom is 0.0501 e. The summed E-state index contributed by atoms with van der Waals surface area (Å²) in [6, 6.07) is 42.1. The van der Waals surface area contributed by atoms with Crippen molar-refractivity contribution in [3.8, 4) is 11.1 Å². The normalized spacial score (nSPS) is 17.3. The van der Waals surface area contributed by atoms with Crippen molar-refractivity contribution in [2.45, 2.75) is 38.5 Å². The van der Waals surface area contributed by atoms with Gasteiger partial charge >= 0.3 is 0 Å². The molecule has 0 N–H and O–H groups in total. The minimum Gasteiger partial charge on any atom is -0.313 e. The molecule has 0 fully saturated rings. The molecule has 0 saturated carbocycles. The molecule has 204 valence electrons. The lowest BCUT2D eigenvalue weighted by Crippen LogP contribution is -2.18. The topological polar surface area (TPSA) is 6.48 Å². The van der Waals surface area contributed by atoms with Crippen LogP contribution in [0.25, 0.3) is 11.1 Å². The smallest absolute Gasteiger partial charge is 0.0501 e. The van der Waals surface area contributed by atoms with Crippen molar-refractivity contribution < 1.29 is 0 Å². The summed E-state index contributed by atoms with van der Waals surface area (Å²) in [6.45, 7) is 7.09. The number of hydrogen-bond donors (Lipinski definition) is 0. The average molecular weight is 543 g/mol. The van der Waals surface area contributed by atoms with Gasteiger partial charge in [-0.15, -0.1) is 0 Å². The molecule has 2 aliphatic carbocycles. The summed E-state index contributed by atoms with van der Waals surface area (Å²) in [7, 11) is 0. The van der Waals surface area contributed by atoms with Crippen molar-refractivity contribution in [2.75, 3.05) is 9.80 Å². The van der Waals surface area contributed by atoms with E-state index in [0.717, 1.165) is 6.42 Å². The first-order valence-corrected chi connectivity index (χ1v) is 15.0. The van der Waals surface area contributed by atoms with E-state index < -0.39 is 0 Å². The van der Waals surface area contributed by atoms with Gasteiger partial charge in [0.1, 0.15) is 0 Å². The van der Waals surface area contributed by atoms with E-state index in [1.54, 1.807) is 0 Å². The summed E-state index contributed by atoms with van der Waals surface area (Å²) in [4.78, 5) is 4.88. The SMILES string of the molecule is Cc1cc(N(c2ccccc2)c2ccccc2)cc2c1-c1cc3c(cc1C2(C)C)N(c1ccccc1)C1=CC=CCC13. The van der Waals surface area contributed by atoms with Crippen LogP contribution in [0.4, 0.5) is 28.4 Å². The molecule has 1 aliphatic heterocycles. The third kappa shape index (κ3) is 3.65. The van der Waals surface area contributed by atoms with Crippen LogP contribution >= 0.6 is 0 Å². The highest BCUT2D eigenvalue weighted by Crippen LogP contribution is 2.58. The van der Waals surface area contributed by atoms with E-state index in [0.29, 0.717) is 5.92 Å². The molecule has 0 amide bonds. The van der Waals surface area contributed by atoms with Crippen molar-refractivity contribution in [2.24, 2.45) is 0 Å². The fourth-order valence-corrected chi connectivity index (χ4v) is 7.43. The van der Waals surface area contributed by atoms with Crippen LogP contribution in [-0.2, 0) is 5.41 Å². The zero-order valence-corrected chi connectivity index (χ0v) is 24.4. The lowest BCUT2D eigenvalue weighted by Gasteiger charge is -2.29. The second kappa shape index (κ2) is 9.36. The lowest BCUT2D eigenvalue weighted by atomic mass is 9.81. The predicted molar refractivity (Wildman–Crippen MR) is 177 cm³/mol. The molecule has 0 aromatic heterocycles. The molecule has 2 nitrogen and oxygen atoms in total. The van der Waals surface area contributed by atoms with E-state index in [4.69, 9.17) is 0 Å². The number of para-hydroxylation sites is 3. The van der Waals surface area contributed by atoms with Crippen LogP contribution in [0.1, 0.15) is 48.4 Å². The summed E-state index contributed by atoms with van der Waals surface area (Å²) in [6.07, 6.45) is 7.89. The van der Waals surface area contributed by atoms with Crippen LogP contribution in [-0.4, -0.2) is 0 Å². The summed E-state index contributed by atoms with van der Waals surface area (Å²) >= 11 is 0. The largest absolute Gasteiger partial charge is 0.313 e. The standard InChI is InChI=1S/C40H34N2/c1-27-23-31(41(28-15-7-4-8-16-28)29-17-9-5-10-18-29)24-36-39(27)34-25-33-32-21-13-14-22-37(32)42(30-19-11-6-12-20-30)38(33)26-35(34)40(36,2)3/h4-20,22-26,32H,21H2,1-3H3. The molecular formula is C40H34N2. The molecule has 0 saturated heterocycles. The zero-order valence-electron chi connectivity index (χ0n) is 24.4. The van der Waals surface area contributed by atoms with Gasteiger partial charge in [-0.2, -0.15) is 0 Å². The predicted octanol–water partition coefficient (Wildman–Crippen LogP) is 10.9. The molecule has 5 aromatic carbocycles. The van der Waals surface area contributed by atoms with E-state index in [1.807, 2.05) is 0 Å². The van der Waals surface area contributed by atoms with Crippen LogP contribution in [0.5, 0.6) is 0 Å². The summed E-state index contributed by atoms with van der Waals surface area (Å²) in [5, 5.41) is 0. The number of nitrogens with zero attached hydrogens (tertiary/aromatic N) is 2. The number of anilines is 5. The Labute approximate surface area is 248 Å². The Balaban J connectivity index is 1.31. The lowest BCUT2D eigenvalue weighted by molar-refractivity contribution is 0.660. The summed E-state index contributed by atoms with van der Waals surface area (Å²) < 4.78 is 0. The maximum atomic E-state index is 2.53. The Morgan fingerprint density at radius 1 is 0.714 bits per heavy atom. The van der Waals surface area contributed by atoms with E-state index in [1.165, 1.54) is 67.5 Å². The maximum absolute atomic E-state index is 2.53. The Morgan fingerprint density at radius 3 is 2.02 bits per heavy atom. The number of rotatable bonds is 4. The molecule has 3 aliphatic rings. The Morgan fingerprint density at radius 2 is 1.36 bits per heavy atom. The first-order valence-electron chi connectivity index (χ1n) is 15.0. The van der Waals surface area contributed by atoms with Crippen LogP contribution < -0.4 is 9.80 Å². The fraction of sp³-hybridized carbons (Fsp3) is 0.150. The van der Waals surface area contributed by atoms with Crippen molar-refractivity contribution in [1.82, 2.24) is 0 Å². The monoisotopic (exact) mass is 542 g/mol. The van der Waals surface area contributed by atoms with Crippen molar-refractivity contribution in [1.29, 1.82) is 0 Å². The third-order valence-electron chi connectivity index (χ3n) is 9.41. The molecule has 0 spiro atoms. The van der Waals surface area contributed by atoms with Crippen LogP contribution in [0.3, 0.4) is 0 Å². The minimum absolute atomic E-state index is 0.137. The molecule has 0 bridgehead atoms. The Hall–Kier alpha value is -4.82. The number of aryl methyl sites for hydroxylation is 1. The van der Waals surface area contributed by atoms with Gasteiger partial charge in [-0.25, -0.2) is 0 Å². The van der Waals surface area contributed by atoms with Crippen molar-refractivity contribution >= 4 is 28.4 Å². The Bertz CT molecular complexity index is 1840. The van der Waals surface area contributed by atoms with Gasteiger partial charge in [-0.1, -0.05) is 80.6 Å². The van der Waals surface area contributed by atoms with E-state index in [9.17, 15) is 0 Å². The van der Waals surface area contributed by atoms with Gasteiger partial charge in [0.05, 0.1) is 5.69 Å². The highest BCUT2D eigenvalue weighted by molar-refractivity contribution is 5.91. The van der Waals surface area contributed by atoms with Crippen LogP contribution in [0.2, 0.25) is 0 Å². The fourth-order valence-electron chi connectivity index (χ4n) is 7.43. The van der Waals surface area contributed by atoms with Gasteiger partial charge in [-0.3, -0.25) is 0 Å². The first kappa shape index (κ1) is 24.9. The van der Waals surface area contributed by atoms with Gasteiger partial charge in [0, 0.05) is 39.8 Å². The van der Waals surface area contributed by atoms with Gasteiger partial charge in [0.15, 0.2) is 0 Å². The number of hydrogen-bond acceptors (Lipinski definition) is 2. The molecule has 0 radical (unpaired) electrons. The second-order valence-electron chi connectivity index (χ2n) is 12.3. The van der Waals surface area contributed by atoms with E-state index >= 15 is 0 Å². The highest BCUT2D eigenvalue weighted by atomic mass is 15.2. The molecule has 5 aromatic rings. The quantitative estimate of drug-likeness (QED) is 0.223. The van der Waals surface area contributed by atoms with Crippen molar-refractivity contribution in [3.05, 3.63) is 161 Å². The highest BCUT2D eigenvalue weighted by Gasteiger charge is 2.42. The first-order chi connectivity index (χ1) is 20.5.